The maximum atomic E-state index is 12.4. The molecule has 0 saturated heterocycles. The van der Waals surface area contributed by atoms with Crippen molar-refractivity contribution in [3.8, 4) is 0 Å². The van der Waals surface area contributed by atoms with Gasteiger partial charge in [-0.1, -0.05) is 54.4 Å². The monoisotopic (exact) mass is 386 g/mol. The van der Waals surface area contributed by atoms with Gasteiger partial charge in [-0.05, 0) is 30.2 Å². The van der Waals surface area contributed by atoms with Crippen LogP contribution in [0.2, 0.25) is 10.0 Å². The highest BCUT2D eigenvalue weighted by molar-refractivity contribution is 6.39. The topological polar surface area (TPSA) is 66.9 Å². The minimum Gasteiger partial charge on any atom is -0.322 e. The lowest BCUT2D eigenvalue weighted by Gasteiger charge is -2.10. The zero-order valence-corrected chi connectivity index (χ0v) is 15.5. The van der Waals surface area contributed by atoms with Gasteiger partial charge in [0.1, 0.15) is 0 Å². The Bertz CT molecular complexity index is 909. The second-order valence-corrected chi connectivity index (χ2v) is 6.30. The maximum Gasteiger partial charge on any atom is 0.258 e. The fourth-order valence-electron chi connectivity index (χ4n) is 2.38. The van der Waals surface area contributed by atoms with Crippen LogP contribution in [0.1, 0.15) is 22.8 Å². The third-order valence-corrected chi connectivity index (χ3v) is 4.39. The van der Waals surface area contributed by atoms with E-state index < -0.39 is 0 Å². The number of halogens is 2. The third-order valence-electron chi connectivity index (χ3n) is 3.76. The molecule has 1 heterocycles. The van der Waals surface area contributed by atoms with Crippen LogP contribution in [-0.2, 0) is 6.42 Å². The molecular formula is C19H16Cl2N4O. The lowest BCUT2D eigenvalue weighted by Crippen LogP contribution is -2.14. The molecule has 0 fully saturated rings. The number of amides is 1. The first-order valence-electron chi connectivity index (χ1n) is 8.01. The number of aromatic nitrogens is 2. The summed E-state index contributed by atoms with van der Waals surface area (Å²) in [4.78, 5) is 20.7. The van der Waals surface area contributed by atoms with Gasteiger partial charge in [0.15, 0.2) is 0 Å². The number of carbonyl (C=O) groups excluding carboxylic acids is 1. The number of hydrogen-bond donors (Lipinski definition) is 2. The average Bonchev–Trinajstić information content (AvgIpc) is 2.66. The number of para-hydroxylation sites is 2. The molecule has 0 bridgehead atoms. The molecule has 26 heavy (non-hydrogen) atoms. The van der Waals surface area contributed by atoms with Crippen molar-refractivity contribution in [1.29, 1.82) is 0 Å². The number of aryl methyl sites for hydroxylation is 1. The Balaban J connectivity index is 1.74. The molecule has 2 aromatic carbocycles. The molecule has 0 aliphatic rings. The van der Waals surface area contributed by atoms with Crippen molar-refractivity contribution in [2.75, 3.05) is 10.6 Å². The van der Waals surface area contributed by atoms with E-state index in [1.165, 1.54) is 12.4 Å². The second-order valence-electron chi connectivity index (χ2n) is 5.48. The Labute approximate surface area is 161 Å². The molecule has 3 rings (SSSR count). The SMILES string of the molecule is CCc1ccccc1NC(=O)c1cnc(Nc2c(Cl)cccc2Cl)nc1. The highest BCUT2D eigenvalue weighted by Gasteiger charge is 2.11. The number of benzene rings is 2. The third kappa shape index (κ3) is 4.12. The van der Waals surface area contributed by atoms with Crippen LogP contribution in [0.15, 0.2) is 54.9 Å². The standard InChI is InChI=1S/C19H16Cl2N4O/c1-2-12-6-3-4-9-16(12)24-18(26)13-10-22-19(23-11-13)25-17-14(20)7-5-8-15(17)21/h3-11H,2H2,1H3,(H,24,26)(H,22,23,25). The van der Waals surface area contributed by atoms with Crippen LogP contribution in [0.5, 0.6) is 0 Å². The number of anilines is 3. The molecule has 0 aliphatic heterocycles. The molecule has 0 spiro atoms. The fraction of sp³-hybridized carbons (Fsp3) is 0.105. The zero-order valence-electron chi connectivity index (χ0n) is 14.0. The summed E-state index contributed by atoms with van der Waals surface area (Å²) in [6.45, 7) is 2.04. The quantitative estimate of drug-likeness (QED) is 0.620. The van der Waals surface area contributed by atoms with Gasteiger partial charge in [0, 0.05) is 18.1 Å². The van der Waals surface area contributed by atoms with E-state index in [0.29, 0.717) is 27.2 Å². The Morgan fingerprint density at radius 2 is 1.65 bits per heavy atom. The Morgan fingerprint density at radius 1 is 1.00 bits per heavy atom. The lowest BCUT2D eigenvalue weighted by atomic mass is 10.1. The summed E-state index contributed by atoms with van der Waals surface area (Å²) in [6.07, 6.45) is 3.72. The van der Waals surface area contributed by atoms with Crippen molar-refractivity contribution in [3.05, 3.63) is 76.0 Å². The van der Waals surface area contributed by atoms with Crippen molar-refractivity contribution in [1.82, 2.24) is 9.97 Å². The van der Waals surface area contributed by atoms with Crippen LogP contribution in [0.4, 0.5) is 17.3 Å². The molecule has 1 aromatic heterocycles. The highest BCUT2D eigenvalue weighted by Crippen LogP contribution is 2.31. The van der Waals surface area contributed by atoms with E-state index in [9.17, 15) is 4.79 Å². The molecule has 0 radical (unpaired) electrons. The summed E-state index contributed by atoms with van der Waals surface area (Å²) in [7, 11) is 0. The van der Waals surface area contributed by atoms with Crippen molar-refractivity contribution in [2.45, 2.75) is 13.3 Å². The van der Waals surface area contributed by atoms with E-state index in [-0.39, 0.29) is 5.91 Å². The van der Waals surface area contributed by atoms with Crippen molar-refractivity contribution in [3.63, 3.8) is 0 Å². The van der Waals surface area contributed by atoms with Crippen LogP contribution >= 0.6 is 23.2 Å². The number of rotatable bonds is 5. The van der Waals surface area contributed by atoms with Gasteiger partial charge in [-0.25, -0.2) is 9.97 Å². The fourth-order valence-corrected chi connectivity index (χ4v) is 2.88. The molecule has 2 N–H and O–H groups in total. The van der Waals surface area contributed by atoms with Gasteiger partial charge >= 0.3 is 0 Å². The van der Waals surface area contributed by atoms with E-state index in [4.69, 9.17) is 23.2 Å². The van der Waals surface area contributed by atoms with Gasteiger partial charge in [0.05, 0.1) is 21.3 Å². The number of hydrogen-bond acceptors (Lipinski definition) is 4. The van der Waals surface area contributed by atoms with E-state index in [1.807, 2.05) is 31.2 Å². The van der Waals surface area contributed by atoms with Crippen LogP contribution in [0.3, 0.4) is 0 Å². The molecule has 1 amide bonds. The number of nitrogens with one attached hydrogen (secondary N) is 2. The highest BCUT2D eigenvalue weighted by atomic mass is 35.5. The zero-order chi connectivity index (χ0) is 18.5. The Morgan fingerprint density at radius 3 is 2.31 bits per heavy atom. The molecule has 0 aliphatic carbocycles. The largest absolute Gasteiger partial charge is 0.322 e. The predicted octanol–water partition coefficient (Wildman–Crippen LogP) is 5.34. The van der Waals surface area contributed by atoms with Gasteiger partial charge in [0.2, 0.25) is 5.95 Å². The summed E-state index contributed by atoms with van der Waals surface area (Å²) in [6, 6.07) is 12.8. The first-order valence-corrected chi connectivity index (χ1v) is 8.76. The van der Waals surface area contributed by atoms with Gasteiger partial charge in [0.25, 0.3) is 5.91 Å². The molecular weight excluding hydrogens is 371 g/mol. The van der Waals surface area contributed by atoms with E-state index >= 15 is 0 Å². The maximum absolute atomic E-state index is 12.4. The Hall–Kier alpha value is -2.63. The average molecular weight is 387 g/mol. The first-order chi connectivity index (χ1) is 12.6. The van der Waals surface area contributed by atoms with Crippen molar-refractivity contribution in [2.24, 2.45) is 0 Å². The van der Waals surface area contributed by atoms with E-state index in [2.05, 4.69) is 20.6 Å². The van der Waals surface area contributed by atoms with Crippen LogP contribution in [0.25, 0.3) is 0 Å². The van der Waals surface area contributed by atoms with Crippen LogP contribution in [-0.4, -0.2) is 15.9 Å². The molecule has 7 heteroatoms. The molecule has 3 aromatic rings. The first kappa shape index (κ1) is 18.2. The molecule has 132 valence electrons. The molecule has 5 nitrogen and oxygen atoms in total. The normalized spacial score (nSPS) is 10.4. The van der Waals surface area contributed by atoms with Gasteiger partial charge in [-0.2, -0.15) is 0 Å². The number of nitrogens with zero attached hydrogens (tertiary/aromatic N) is 2. The smallest absolute Gasteiger partial charge is 0.258 e. The molecule has 0 unspecified atom stereocenters. The predicted molar refractivity (Wildman–Crippen MR) is 106 cm³/mol. The van der Waals surface area contributed by atoms with Crippen molar-refractivity contribution < 1.29 is 4.79 Å². The summed E-state index contributed by atoms with van der Waals surface area (Å²) in [5.74, 6) is 0.0266. The summed E-state index contributed by atoms with van der Waals surface area (Å²) < 4.78 is 0. The van der Waals surface area contributed by atoms with Crippen molar-refractivity contribution >= 4 is 46.4 Å². The molecule has 0 atom stereocenters. The Kier molecular flexibility index (Phi) is 5.71. The van der Waals surface area contributed by atoms with Crippen LogP contribution < -0.4 is 10.6 Å². The second kappa shape index (κ2) is 8.17. The van der Waals surface area contributed by atoms with Crippen LogP contribution in [0, 0.1) is 0 Å². The summed E-state index contributed by atoms with van der Waals surface area (Å²) in [5, 5.41) is 6.76. The minimum absolute atomic E-state index is 0.270. The van der Waals surface area contributed by atoms with Gasteiger partial charge in [-0.15, -0.1) is 0 Å². The van der Waals surface area contributed by atoms with Gasteiger partial charge < -0.3 is 10.6 Å². The van der Waals surface area contributed by atoms with E-state index in [0.717, 1.165) is 17.7 Å². The lowest BCUT2D eigenvalue weighted by molar-refractivity contribution is 0.102. The van der Waals surface area contributed by atoms with E-state index in [1.54, 1.807) is 18.2 Å². The minimum atomic E-state index is -0.270. The summed E-state index contributed by atoms with van der Waals surface area (Å²) in [5.41, 5.74) is 2.72. The molecule has 0 saturated carbocycles. The summed E-state index contributed by atoms with van der Waals surface area (Å²) >= 11 is 12.2. The number of carbonyl (C=O) groups is 1. The van der Waals surface area contributed by atoms with Gasteiger partial charge in [-0.3, -0.25) is 4.79 Å².